The molecule has 154 valence electrons. The van der Waals surface area contributed by atoms with E-state index in [2.05, 4.69) is 10.6 Å². The molecule has 0 aliphatic carbocycles. The van der Waals surface area contributed by atoms with Crippen molar-refractivity contribution in [3.8, 4) is 5.75 Å². The van der Waals surface area contributed by atoms with Gasteiger partial charge in [-0.1, -0.05) is 24.3 Å². The fourth-order valence-electron chi connectivity index (χ4n) is 3.25. The maximum Gasteiger partial charge on any atom is 0.237 e. The lowest BCUT2D eigenvalue weighted by molar-refractivity contribution is -0.134. The van der Waals surface area contributed by atoms with Crippen molar-refractivity contribution in [2.75, 3.05) is 20.2 Å². The third kappa shape index (κ3) is 5.29. The van der Waals surface area contributed by atoms with Crippen molar-refractivity contribution in [2.24, 2.45) is 0 Å². The van der Waals surface area contributed by atoms with Gasteiger partial charge in [0.1, 0.15) is 5.75 Å². The second-order valence-electron chi connectivity index (χ2n) is 6.82. The van der Waals surface area contributed by atoms with Crippen LogP contribution in [0, 0.1) is 11.6 Å². The largest absolute Gasteiger partial charge is 0.497 e. The number of hydrogen-bond acceptors (Lipinski definition) is 4. The first-order chi connectivity index (χ1) is 14.0. The maximum atomic E-state index is 14.0. The number of amides is 2. The van der Waals surface area contributed by atoms with Crippen molar-refractivity contribution in [3.05, 3.63) is 65.2 Å². The third-order valence-corrected chi connectivity index (χ3v) is 4.87. The molecule has 0 radical (unpaired) electrons. The molecule has 2 aromatic carbocycles. The van der Waals surface area contributed by atoms with Crippen molar-refractivity contribution in [3.63, 3.8) is 0 Å². The van der Waals surface area contributed by atoms with E-state index in [1.807, 2.05) is 12.1 Å². The highest BCUT2D eigenvalue weighted by molar-refractivity contribution is 5.88. The molecule has 3 rings (SSSR count). The minimum Gasteiger partial charge on any atom is -0.497 e. The number of carbonyl (C=O) groups excluding carboxylic acids is 2. The first kappa shape index (κ1) is 20.7. The van der Waals surface area contributed by atoms with Crippen LogP contribution in [-0.4, -0.2) is 43.0 Å². The summed E-state index contributed by atoms with van der Waals surface area (Å²) in [5, 5.41) is 5.51. The number of nitrogens with zero attached hydrogens (tertiary/aromatic N) is 1. The zero-order valence-corrected chi connectivity index (χ0v) is 16.1. The zero-order chi connectivity index (χ0) is 20.8. The van der Waals surface area contributed by atoms with E-state index >= 15 is 0 Å². The standard InChI is InChI=1S/C21H23F2N3O3/c1-29-16-7-5-14(6-8-16)12-25-19(27)11-18-21(28)24-9-10-26(18)13-15-3-2-4-17(22)20(15)23/h2-8,18H,9-13H2,1H3,(H,24,28)(H,25,27)/t18-/m1/s1. The van der Waals surface area contributed by atoms with Crippen LogP contribution in [0.25, 0.3) is 0 Å². The molecular weight excluding hydrogens is 380 g/mol. The molecule has 1 saturated heterocycles. The lowest BCUT2D eigenvalue weighted by atomic mass is 10.1. The lowest BCUT2D eigenvalue weighted by Gasteiger charge is -2.34. The van der Waals surface area contributed by atoms with E-state index in [9.17, 15) is 18.4 Å². The van der Waals surface area contributed by atoms with Gasteiger partial charge in [0.2, 0.25) is 11.8 Å². The molecule has 1 heterocycles. The summed E-state index contributed by atoms with van der Waals surface area (Å²) in [6.45, 7) is 1.20. The summed E-state index contributed by atoms with van der Waals surface area (Å²) in [4.78, 5) is 26.4. The molecule has 1 atom stereocenters. The van der Waals surface area contributed by atoms with E-state index in [-0.39, 0.29) is 30.3 Å². The maximum absolute atomic E-state index is 14.0. The molecule has 2 N–H and O–H groups in total. The highest BCUT2D eigenvalue weighted by atomic mass is 19.2. The van der Waals surface area contributed by atoms with Gasteiger partial charge in [-0.2, -0.15) is 0 Å². The summed E-state index contributed by atoms with van der Waals surface area (Å²) in [5.74, 6) is -1.74. The van der Waals surface area contributed by atoms with E-state index in [0.717, 1.165) is 17.4 Å². The number of rotatable bonds is 7. The molecule has 6 nitrogen and oxygen atoms in total. The van der Waals surface area contributed by atoms with Crippen LogP contribution in [0.1, 0.15) is 17.5 Å². The first-order valence-corrected chi connectivity index (χ1v) is 9.32. The average Bonchev–Trinajstić information content (AvgIpc) is 2.72. The molecule has 0 saturated carbocycles. The predicted molar refractivity (Wildman–Crippen MR) is 103 cm³/mol. The highest BCUT2D eigenvalue weighted by Crippen LogP contribution is 2.18. The van der Waals surface area contributed by atoms with Crippen molar-refractivity contribution in [2.45, 2.75) is 25.6 Å². The Kier molecular flexibility index (Phi) is 6.77. The molecule has 1 aliphatic rings. The van der Waals surface area contributed by atoms with Gasteiger partial charge in [0, 0.05) is 31.7 Å². The topological polar surface area (TPSA) is 70.7 Å². The summed E-state index contributed by atoms with van der Waals surface area (Å²) in [6.07, 6.45) is -0.0705. The number of hydrogen-bond donors (Lipinski definition) is 2. The zero-order valence-electron chi connectivity index (χ0n) is 16.1. The average molecular weight is 403 g/mol. The number of carbonyl (C=O) groups is 2. The van der Waals surface area contributed by atoms with E-state index in [4.69, 9.17) is 4.74 Å². The summed E-state index contributed by atoms with van der Waals surface area (Å²) >= 11 is 0. The molecule has 29 heavy (non-hydrogen) atoms. The van der Waals surface area contributed by atoms with Crippen LogP contribution < -0.4 is 15.4 Å². The van der Waals surface area contributed by atoms with E-state index in [1.54, 1.807) is 24.1 Å². The Morgan fingerprint density at radius 1 is 1.24 bits per heavy atom. The third-order valence-electron chi connectivity index (χ3n) is 4.87. The van der Waals surface area contributed by atoms with E-state index in [1.165, 1.54) is 12.1 Å². The summed E-state index contributed by atoms with van der Waals surface area (Å²) in [6, 6.07) is 10.5. The van der Waals surface area contributed by atoms with Gasteiger partial charge in [0.25, 0.3) is 0 Å². The lowest BCUT2D eigenvalue weighted by Crippen LogP contribution is -2.56. The molecule has 0 unspecified atom stereocenters. The van der Waals surface area contributed by atoms with Crippen molar-refractivity contribution < 1.29 is 23.1 Å². The minimum atomic E-state index is -0.933. The number of halogens is 2. The smallest absolute Gasteiger partial charge is 0.237 e. The van der Waals surface area contributed by atoms with Crippen LogP contribution >= 0.6 is 0 Å². The van der Waals surface area contributed by atoms with Gasteiger partial charge in [-0.25, -0.2) is 8.78 Å². The molecule has 1 aliphatic heterocycles. The molecule has 2 amide bonds. The first-order valence-electron chi connectivity index (χ1n) is 9.32. The molecule has 0 bridgehead atoms. The molecule has 1 fully saturated rings. The number of methoxy groups -OCH3 is 1. The van der Waals surface area contributed by atoms with E-state index in [0.29, 0.717) is 19.6 Å². The molecular formula is C21H23F2N3O3. The van der Waals surface area contributed by atoms with Gasteiger partial charge in [-0.05, 0) is 23.8 Å². The van der Waals surface area contributed by atoms with Gasteiger partial charge in [-0.3, -0.25) is 14.5 Å². The van der Waals surface area contributed by atoms with Crippen LogP contribution in [0.4, 0.5) is 8.78 Å². The predicted octanol–water partition coefficient (Wildman–Crippen LogP) is 1.98. The SMILES string of the molecule is COc1ccc(CNC(=O)C[C@@H]2C(=O)NCCN2Cc2cccc(F)c2F)cc1. The number of ether oxygens (including phenoxy) is 1. The molecule has 2 aromatic rings. The number of piperazine rings is 1. The second-order valence-corrected chi connectivity index (χ2v) is 6.82. The molecule has 0 aromatic heterocycles. The van der Waals surface area contributed by atoms with Gasteiger partial charge in [-0.15, -0.1) is 0 Å². The number of nitrogens with one attached hydrogen (secondary N) is 2. The number of benzene rings is 2. The molecule has 0 spiro atoms. The van der Waals surface area contributed by atoms with Crippen LogP contribution in [0.3, 0.4) is 0 Å². The van der Waals surface area contributed by atoms with Crippen molar-refractivity contribution in [1.29, 1.82) is 0 Å². The van der Waals surface area contributed by atoms with Crippen LogP contribution in [0.15, 0.2) is 42.5 Å². The van der Waals surface area contributed by atoms with Gasteiger partial charge in [0.15, 0.2) is 11.6 Å². The normalized spacial score (nSPS) is 16.9. The minimum absolute atomic E-state index is 0.0490. The van der Waals surface area contributed by atoms with E-state index < -0.39 is 17.7 Å². The van der Waals surface area contributed by atoms with Crippen LogP contribution in [0.2, 0.25) is 0 Å². The Balaban J connectivity index is 1.61. The van der Waals surface area contributed by atoms with Crippen LogP contribution in [-0.2, 0) is 22.7 Å². The monoisotopic (exact) mass is 403 g/mol. The Labute approximate surface area is 167 Å². The fraction of sp³-hybridized carbons (Fsp3) is 0.333. The quantitative estimate of drug-likeness (QED) is 0.742. The Hall–Kier alpha value is -3.00. The fourth-order valence-corrected chi connectivity index (χ4v) is 3.25. The Morgan fingerprint density at radius 2 is 2.00 bits per heavy atom. The van der Waals surface area contributed by atoms with Gasteiger partial charge < -0.3 is 15.4 Å². The Morgan fingerprint density at radius 3 is 2.72 bits per heavy atom. The van der Waals surface area contributed by atoms with Gasteiger partial charge in [0.05, 0.1) is 19.6 Å². The molecule has 8 heteroatoms. The van der Waals surface area contributed by atoms with Crippen molar-refractivity contribution >= 4 is 11.8 Å². The van der Waals surface area contributed by atoms with Crippen LogP contribution in [0.5, 0.6) is 5.75 Å². The highest BCUT2D eigenvalue weighted by Gasteiger charge is 2.32. The van der Waals surface area contributed by atoms with Gasteiger partial charge >= 0.3 is 0 Å². The van der Waals surface area contributed by atoms with Crippen molar-refractivity contribution in [1.82, 2.24) is 15.5 Å². The summed E-state index contributed by atoms with van der Waals surface area (Å²) in [7, 11) is 1.58. The summed E-state index contributed by atoms with van der Waals surface area (Å²) < 4.78 is 32.6. The summed E-state index contributed by atoms with van der Waals surface area (Å²) in [5.41, 5.74) is 1.05. The second kappa shape index (κ2) is 9.47. The Bertz CT molecular complexity index is 874.